The van der Waals surface area contributed by atoms with Gasteiger partial charge in [-0.25, -0.2) is 4.39 Å². The van der Waals surface area contributed by atoms with E-state index in [0.29, 0.717) is 69.0 Å². The van der Waals surface area contributed by atoms with Gasteiger partial charge in [0.15, 0.2) is 0 Å². The van der Waals surface area contributed by atoms with Crippen molar-refractivity contribution < 1.29 is 23.5 Å². The summed E-state index contributed by atoms with van der Waals surface area (Å²) in [6.45, 7) is 4.94. The van der Waals surface area contributed by atoms with E-state index in [4.69, 9.17) is 4.74 Å². The maximum absolute atomic E-state index is 13.1. The van der Waals surface area contributed by atoms with Crippen molar-refractivity contribution in [3.63, 3.8) is 0 Å². The minimum Gasteiger partial charge on any atom is -0.378 e. The molecule has 3 amide bonds. The number of anilines is 1. The summed E-state index contributed by atoms with van der Waals surface area (Å²) in [7, 11) is 0. The zero-order valence-electron chi connectivity index (χ0n) is 18.7. The molecule has 2 fully saturated rings. The van der Waals surface area contributed by atoms with Gasteiger partial charge in [-0.15, -0.1) is 0 Å². The second kappa shape index (κ2) is 10.1. The number of halogens is 1. The van der Waals surface area contributed by atoms with Crippen LogP contribution in [0.15, 0.2) is 42.5 Å². The summed E-state index contributed by atoms with van der Waals surface area (Å²) in [4.78, 5) is 41.9. The fraction of sp³-hybridized carbons (Fsp3) is 0.400. The first-order valence-corrected chi connectivity index (χ1v) is 11.3. The van der Waals surface area contributed by atoms with Gasteiger partial charge in [-0.3, -0.25) is 14.4 Å². The molecule has 2 aromatic rings. The lowest BCUT2D eigenvalue weighted by Crippen LogP contribution is -2.41. The molecule has 33 heavy (non-hydrogen) atoms. The van der Waals surface area contributed by atoms with Crippen LogP contribution in [0.2, 0.25) is 0 Å². The number of carbonyl (C=O) groups excluding carboxylic acids is 3. The van der Waals surface area contributed by atoms with Crippen LogP contribution in [-0.2, 0) is 9.53 Å². The minimum absolute atomic E-state index is 0.0560. The first-order valence-electron chi connectivity index (χ1n) is 11.3. The van der Waals surface area contributed by atoms with Gasteiger partial charge >= 0.3 is 0 Å². The number of piperidine rings is 1. The number of ether oxygens (including phenoxy) is 1. The Morgan fingerprint density at radius 2 is 1.55 bits per heavy atom. The Balaban J connectivity index is 1.36. The molecule has 2 saturated heterocycles. The van der Waals surface area contributed by atoms with Gasteiger partial charge in [0.2, 0.25) is 5.91 Å². The molecule has 0 radical (unpaired) electrons. The van der Waals surface area contributed by atoms with Gasteiger partial charge in [0.1, 0.15) is 5.82 Å². The second-order valence-corrected chi connectivity index (χ2v) is 8.45. The molecule has 1 N–H and O–H groups in total. The van der Waals surface area contributed by atoms with Crippen molar-refractivity contribution >= 4 is 23.4 Å². The maximum Gasteiger partial charge on any atom is 0.254 e. The van der Waals surface area contributed by atoms with Gasteiger partial charge in [-0.1, -0.05) is 6.07 Å². The van der Waals surface area contributed by atoms with Crippen molar-refractivity contribution in [1.82, 2.24) is 9.80 Å². The van der Waals surface area contributed by atoms with Gasteiger partial charge in [0, 0.05) is 48.9 Å². The molecule has 0 spiro atoms. The average Bonchev–Trinajstić information content (AvgIpc) is 2.85. The molecule has 0 aromatic heterocycles. The number of carbonyl (C=O) groups is 3. The van der Waals surface area contributed by atoms with Crippen LogP contribution < -0.4 is 5.32 Å². The topological polar surface area (TPSA) is 79.0 Å². The highest BCUT2D eigenvalue weighted by Crippen LogP contribution is 2.25. The quantitative estimate of drug-likeness (QED) is 0.772. The van der Waals surface area contributed by atoms with Crippen LogP contribution in [0.25, 0.3) is 0 Å². The zero-order chi connectivity index (χ0) is 23.4. The highest BCUT2D eigenvalue weighted by Gasteiger charge is 2.29. The number of amides is 3. The van der Waals surface area contributed by atoms with E-state index in [9.17, 15) is 18.8 Å². The number of likely N-dealkylation sites (tertiary alicyclic amines) is 1. The highest BCUT2D eigenvalue weighted by molar-refractivity contribution is 6.00. The molecule has 8 heteroatoms. The van der Waals surface area contributed by atoms with Crippen molar-refractivity contribution in [2.45, 2.75) is 19.8 Å². The molecule has 2 aromatic carbocycles. The van der Waals surface area contributed by atoms with Crippen molar-refractivity contribution in [3.8, 4) is 0 Å². The third-order valence-electron chi connectivity index (χ3n) is 6.36. The average molecular weight is 454 g/mol. The zero-order valence-corrected chi connectivity index (χ0v) is 18.7. The van der Waals surface area contributed by atoms with Crippen molar-refractivity contribution in [2.24, 2.45) is 5.92 Å². The number of benzene rings is 2. The Kier molecular flexibility index (Phi) is 7.03. The van der Waals surface area contributed by atoms with Gasteiger partial charge in [0.25, 0.3) is 11.8 Å². The molecule has 2 aliphatic rings. The third kappa shape index (κ3) is 5.22. The molecular formula is C25H28FN3O4. The van der Waals surface area contributed by atoms with Crippen LogP contribution >= 0.6 is 0 Å². The van der Waals surface area contributed by atoms with E-state index in [1.807, 2.05) is 6.92 Å². The van der Waals surface area contributed by atoms with E-state index in [2.05, 4.69) is 5.32 Å². The molecule has 174 valence electrons. The Morgan fingerprint density at radius 3 is 2.21 bits per heavy atom. The van der Waals surface area contributed by atoms with Crippen molar-refractivity contribution in [2.75, 3.05) is 44.7 Å². The van der Waals surface area contributed by atoms with Crippen molar-refractivity contribution in [3.05, 3.63) is 65.0 Å². The summed E-state index contributed by atoms with van der Waals surface area (Å²) in [6.07, 6.45) is 1.09. The van der Waals surface area contributed by atoms with E-state index < -0.39 is 0 Å². The summed E-state index contributed by atoms with van der Waals surface area (Å²) in [5, 5.41) is 2.98. The monoisotopic (exact) mass is 453 g/mol. The van der Waals surface area contributed by atoms with Crippen LogP contribution in [0.5, 0.6) is 0 Å². The van der Waals surface area contributed by atoms with Crippen LogP contribution in [0, 0.1) is 18.7 Å². The maximum atomic E-state index is 13.1. The van der Waals surface area contributed by atoms with Crippen LogP contribution in [0.4, 0.5) is 10.1 Å². The number of hydrogen-bond donors (Lipinski definition) is 1. The van der Waals surface area contributed by atoms with Crippen LogP contribution in [0.1, 0.15) is 39.1 Å². The van der Waals surface area contributed by atoms with E-state index in [1.54, 1.807) is 28.0 Å². The summed E-state index contributed by atoms with van der Waals surface area (Å²) in [5.41, 5.74) is 2.39. The normalized spacial score (nSPS) is 17.0. The molecule has 4 rings (SSSR count). The molecule has 7 nitrogen and oxygen atoms in total. The summed E-state index contributed by atoms with van der Waals surface area (Å²) in [5.74, 6) is -0.922. The summed E-state index contributed by atoms with van der Waals surface area (Å²) in [6, 6.07) is 10.9. The van der Waals surface area contributed by atoms with Gasteiger partial charge in [-0.05, 0) is 61.7 Å². The molecular weight excluding hydrogens is 425 g/mol. The summed E-state index contributed by atoms with van der Waals surface area (Å²) < 4.78 is 18.4. The number of morpholine rings is 1. The number of nitrogens with zero attached hydrogens (tertiary/aromatic N) is 2. The Hall–Kier alpha value is -3.26. The predicted molar refractivity (Wildman–Crippen MR) is 122 cm³/mol. The minimum atomic E-state index is -0.382. The van der Waals surface area contributed by atoms with Gasteiger partial charge in [0.05, 0.1) is 13.2 Å². The van der Waals surface area contributed by atoms with Crippen LogP contribution in [-0.4, -0.2) is 66.9 Å². The largest absolute Gasteiger partial charge is 0.378 e. The lowest BCUT2D eigenvalue weighted by Gasteiger charge is -2.31. The second-order valence-electron chi connectivity index (χ2n) is 8.45. The first-order chi connectivity index (χ1) is 15.9. The van der Waals surface area contributed by atoms with Crippen LogP contribution in [0.3, 0.4) is 0 Å². The predicted octanol–water partition coefficient (Wildman–Crippen LogP) is 3.10. The smallest absolute Gasteiger partial charge is 0.254 e. The molecule has 2 heterocycles. The fourth-order valence-corrected chi connectivity index (χ4v) is 4.29. The van der Waals surface area contributed by atoms with Gasteiger partial charge < -0.3 is 19.9 Å². The SMILES string of the molecule is Cc1c(NC(=O)C2CCN(C(=O)c3ccc(F)cc3)CC2)cccc1C(=O)N1CCOCC1. The molecule has 2 aliphatic heterocycles. The van der Waals surface area contributed by atoms with Crippen molar-refractivity contribution in [1.29, 1.82) is 0 Å². The molecule has 0 bridgehead atoms. The summed E-state index contributed by atoms with van der Waals surface area (Å²) >= 11 is 0. The van der Waals surface area contributed by atoms with Gasteiger partial charge in [-0.2, -0.15) is 0 Å². The highest BCUT2D eigenvalue weighted by atomic mass is 19.1. The Morgan fingerprint density at radius 1 is 0.909 bits per heavy atom. The molecule has 0 saturated carbocycles. The lowest BCUT2D eigenvalue weighted by molar-refractivity contribution is -0.121. The number of rotatable bonds is 4. The first kappa shape index (κ1) is 22.9. The van der Waals surface area contributed by atoms with E-state index >= 15 is 0 Å². The number of hydrogen-bond acceptors (Lipinski definition) is 4. The fourth-order valence-electron chi connectivity index (χ4n) is 4.29. The molecule has 0 unspecified atom stereocenters. The molecule has 0 aliphatic carbocycles. The lowest BCUT2D eigenvalue weighted by atomic mass is 9.95. The van der Waals surface area contributed by atoms with E-state index in [-0.39, 0.29) is 29.5 Å². The molecule has 0 atom stereocenters. The van der Waals surface area contributed by atoms with E-state index in [1.165, 1.54) is 24.3 Å². The van der Waals surface area contributed by atoms with E-state index in [0.717, 1.165) is 5.56 Å². The standard InChI is InChI=1S/C25H28FN3O4/c1-17-21(25(32)29-13-15-33-16-14-29)3-2-4-22(17)27-23(30)18-9-11-28(12-10-18)24(31)19-5-7-20(26)8-6-19/h2-8,18H,9-16H2,1H3,(H,27,30). The Bertz CT molecular complexity index is 1030. The number of nitrogens with one attached hydrogen (secondary N) is 1. The Labute approximate surface area is 192 Å². The third-order valence-corrected chi connectivity index (χ3v) is 6.36.